The van der Waals surface area contributed by atoms with Crippen molar-refractivity contribution in [2.75, 3.05) is 0 Å². The van der Waals surface area contributed by atoms with Gasteiger partial charge in [-0.05, 0) is 66.4 Å². The van der Waals surface area contributed by atoms with Gasteiger partial charge < -0.3 is 9.47 Å². The molecule has 0 radical (unpaired) electrons. The summed E-state index contributed by atoms with van der Waals surface area (Å²) in [5.41, 5.74) is 6.41. The average molecular weight is 505 g/mol. The van der Waals surface area contributed by atoms with Crippen molar-refractivity contribution in [1.82, 2.24) is 0 Å². The first-order chi connectivity index (χ1) is 16.7. The van der Waals surface area contributed by atoms with Crippen LogP contribution < -0.4 is 9.47 Å². The fraction of sp³-hybridized carbons (Fsp3) is 0.0968. The highest BCUT2D eigenvalue weighted by Gasteiger charge is 2.50. The second-order valence-corrected chi connectivity index (χ2v) is 9.85. The summed E-state index contributed by atoms with van der Waals surface area (Å²) < 4.78 is 14.0. The lowest BCUT2D eigenvalue weighted by molar-refractivity contribution is 0.399. The number of halogens is 1. The van der Waals surface area contributed by atoms with E-state index in [1.54, 1.807) is 0 Å². The molecule has 2 heterocycles. The summed E-state index contributed by atoms with van der Waals surface area (Å²) in [4.78, 5) is 0. The van der Waals surface area contributed by atoms with Crippen LogP contribution in [0.1, 0.15) is 40.7 Å². The molecule has 1 aliphatic carbocycles. The summed E-state index contributed by atoms with van der Waals surface area (Å²) in [5, 5.41) is 0. The molecule has 164 valence electrons. The predicted octanol–water partition coefficient (Wildman–Crippen LogP) is 8.78. The Labute approximate surface area is 207 Å². The van der Waals surface area contributed by atoms with E-state index in [-0.39, 0.29) is 0 Å². The Morgan fingerprint density at radius 3 is 1.91 bits per heavy atom. The van der Waals surface area contributed by atoms with Gasteiger partial charge >= 0.3 is 0 Å². The lowest BCUT2D eigenvalue weighted by Crippen LogP contribution is -2.37. The Kier molecular flexibility index (Phi) is 4.37. The molecule has 0 amide bonds. The standard InChI is InChI=1S/C31H21BrO2/c32-22-15-17-30-26(19-22)31(24-11-5-7-13-28(24)34-30)23-10-4-6-12-27(23)33-29-16-14-21(18-25(29)31)20-8-2-1-3-9-20/h2,4-19H,1,3H2. The zero-order valence-corrected chi connectivity index (χ0v) is 20.0. The Hall–Kier alpha value is -3.56. The molecule has 2 nitrogen and oxygen atoms in total. The molecular formula is C31H21BrO2. The Morgan fingerprint density at radius 2 is 1.24 bits per heavy atom. The number of hydrogen-bond donors (Lipinski definition) is 0. The fourth-order valence-corrected chi connectivity index (χ4v) is 6.00. The summed E-state index contributed by atoms with van der Waals surface area (Å²) in [7, 11) is 0. The quantitative estimate of drug-likeness (QED) is 0.222. The van der Waals surface area contributed by atoms with Gasteiger partial charge in [-0.1, -0.05) is 76.6 Å². The first-order valence-electron chi connectivity index (χ1n) is 11.6. The maximum absolute atomic E-state index is 6.52. The summed E-state index contributed by atoms with van der Waals surface area (Å²) in [6.45, 7) is 0. The van der Waals surface area contributed by atoms with Crippen LogP contribution in [0, 0.1) is 0 Å². The maximum Gasteiger partial charge on any atom is 0.132 e. The van der Waals surface area contributed by atoms with Crippen molar-refractivity contribution in [3.05, 3.63) is 135 Å². The molecule has 0 saturated carbocycles. The van der Waals surface area contributed by atoms with Crippen LogP contribution >= 0.6 is 15.9 Å². The van der Waals surface area contributed by atoms with Crippen LogP contribution in [0.4, 0.5) is 0 Å². The van der Waals surface area contributed by atoms with Crippen molar-refractivity contribution < 1.29 is 9.47 Å². The predicted molar refractivity (Wildman–Crippen MR) is 139 cm³/mol. The van der Waals surface area contributed by atoms with Crippen molar-refractivity contribution in [3.8, 4) is 23.0 Å². The lowest BCUT2D eigenvalue weighted by Gasteiger charge is -2.45. The van der Waals surface area contributed by atoms with Crippen LogP contribution in [-0.2, 0) is 5.41 Å². The van der Waals surface area contributed by atoms with Gasteiger partial charge in [0.2, 0.25) is 0 Å². The highest BCUT2D eigenvalue weighted by molar-refractivity contribution is 9.10. The molecule has 1 atom stereocenters. The van der Waals surface area contributed by atoms with E-state index >= 15 is 0 Å². The summed E-state index contributed by atoms with van der Waals surface area (Å²) in [6.07, 6.45) is 8.99. The second-order valence-electron chi connectivity index (χ2n) is 8.94. The number of fused-ring (bicyclic) bond motifs is 8. The van der Waals surface area contributed by atoms with Crippen LogP contribution in [0.15, 0.2) is 108 Å². The van der Waals surface area contributed by atoms with Gasteiger partial charge in [-0.3, -0.25) is 0 Å². The number of benzene rings is 4. The molecule has 4 aromatic carbocycles. The van der Waals surface area contributed by atoms with Gasteiger partial charge in [0.1, 0.15) is 23.0 Å². The molecule has 0 saturated heterocycles. The molecule has 0 fully saturated rings. The zero-order valence-electron chi connectivity index (χ0n) is 18.4. The van der Waals surface area contributed by atoms with Gasteiger partial charge in [-0.15, -0.1) is 0 Å². The molecule has 0 bridgehead atoms. The van der Waals surface area contributed by atoms with E-state index in [0.717, 1.165) is 62.6 Å². The van der Waals surface area contributed by atoms with Gasteiger partial charge in [0.25, 0.3) is 0 Å². The number of para-hydroxylation sites is 2. The Balaban J connectivity index is 1.63. The molecule has 3 aliphatic rings. The van der Waals surface area contributed by atoms with E-state index in [1.807, 2.05) is 18.2 Å². The van der Waals surface area contributed by atoms with E-state index in [1.165, 1.54) is 11.1 Å². The third kappa shape index (κ3) is 2.74. The lowest BCUT2D eigenvalue weighted by atomic mass is 9.62. The molecule has 4 aromatic rings. The monoisotopic (exact) mass is 504 g/mol. The summed E-state index contributed by atoms with van der Waals surface area (Å²) >= 11 is 3.73. The molecule has 2 aliphatic heterocycles. The van der Waals surface area contributed by atoms with Crippen molar-refractivity contribution in [3.63, 3.8) is 0 Å². The zero-order chi connectivity index (χ0) is 22.7. The van der Waals surface area contributed by atoms with Crippen molar-refractivity contribution in [1.29, 1.82) is 0 Å². The van der Waals surface area contributed by atoms with Gasteiger partial charge in [0.15, 0.2) is 0 Å². The maximum atomic E-state index is 6.52. The smallest absolute Gasteiger partial charge is 0.132 e. The first-order valence-corrected chi connectivity index (χ1v) is 12.4. The topological polar surface area (TPSA) is 18.5 Å². The van der Waals surface area contributed by atoms with Crippen LogP contribution in [0.2, 0.25) is 0 Å². The van der Waals surface area contributed by atoms with Gasteiger partial charge in [0.05, 0.1) is 5.41 Å². The first kappa shape index (κ1) is 19.9. The highest BCUT2D eigenvalue weighted by Crippen LogP contribution is 2.61. The van der Waals surface area contributed by atoms with Gasteiger partial charge in [-0.2, -0.15) is 0 Å². The summed E-state index contributed by atoms with van der Waals surface area (Å²) in [6, 6.07) is 29.7. The molecule has 0 aromatic heterocycles. The van der Waals surface area contributed by atoms with Gasteiger partial charge in [0, 0.05) is 26.7 Å². The van der Waals surface area contributed by atoms with Crippen LogP contribution in [0.5, 0.6) is 23.0 Å². The Morgan fingerprint density at radius 1 is 0.618 bits per heavy atom. The number of hydrogen-bond acceptors (Lipinski definition) is 2. The van der Waals surface area contributed by atoms with Crippen molar-refractivity contribution in [2.45, 2.75) is 18.3 Å². The van der Waals surface area contributed by atoms with E-state index in [0.29, 0.717) is 0 Å². The third-order valence-corrected chi connectivity index (χ3v) is 7.57. The van der Waals surface area contributed by atoms with Crippen LogP contribution in [0.25, 0.3) is 5.57 Å². The molecule has 1 unspecified atom stereocenters. The normalized spacial score (nSPS) is 19.1. The fourth-order valence-electron chi connectivity index (χ4n) is 5.64. The SMILES string of the molecule is Brc1ccc2c(c1)C1(c3ccccc3O2)c2ccccc2Oc2ccc(C3=CCCC=C3)cc21. The highest BCUT2D eigenvalue weighted by atomic mass is 79.9. The minimum Gasteiger partial charge on any atom is -0.457 e. The van der Waals surface area contributed by atoms with Crippen LogP contribution in [0.3, 0.4) is 0 Å². The molecule has 34 heavy (non-hydrogen) atoms. The largest absolute Gasteiger partial charge is 0.457 e. The minimum absolute atomic E-state index is 0.562. The third-order valence-electron chi connectivity index (χ3n) is 7.08. The average Bonchev–Trinajstić information content (AvgIpc) is 2.89. The molecular weight excluding hydrogens is 484 g/mol. The number of allylic oxidation sites excluding steroid dienone is 4. The number of ether oxygens (including phenoxy) is 2. The summed E-state index contributed by atoms with van der Waals surface area (Å²) in [5.74, 6) is 3.50. The molecule has 0 N–H and O–H groups in total. The van der Waals surface area contributed by atoms with E-state index < -0.39 is 5.41 Å². The van der Waals surface area contributed by atoms with Crippen molar-refractivity contribution >= 4 is 21.5 Å². The van der Waals surface area contributed by atoms with Gasteiger partial charge in [-0.25, -0.2) is 0 Å². The second kappa shape index (κ2) is 7.48. The van der Waals surface area contributed by atoms with E-state index in [4.69, 9.17) is 9.47 Å². The van der Waals surface area contributed by atoms with E-state index in [2.05, 4.69) is 101 Å². The minimum atomic E-state index is -0.562. The molecule has 1 spiro atoms. The molecule has 7 rings (SSSR count). The Bertz CT molecular complexity index is 1490. The van der Waals surface area contributed by atoms with E-state index in [9.17, 15) is 0 Å². The van der Waals surface area contributed by atoms with Crippen LogP contribution in [-0.4, -0.2) is 0 Å². The van der Waals surface area contributed by atoms with Crippen molar-refractivity contribution in [2.24, 2.45) is 0 Å². The number of rotatable bonds is 1. The molecule has 3 heteroatoms.